The highest BCUT2D eigenvalue weighted by atomic mass is 19.1. The zero-order chi connectivity index (χ0) is 14.7. The number of amides is 2. The van der Waals surface area contributed by atoms with Gasteiger partial charge in [-0.15, -0.1) is 0 Å². The molecule has 1 aromatic heterocycles. The minimum Gasteiger partial charge on any atom is -0.347 e. The highest BCUT2D eigenvalue weighted by Crippen LogP contribution is 2.20. The molecule has 0 aliphatic heterocycles. The quantitative estimate of drug-likeness (QED) is 0.903. The Morgan fingerprint density at radius 3 is 2.55 bits per heavy atom. The average Bonchev–Trinajstić information content (AvgIpc) is 2.79. The minimum atomic E-state index is -0.558. The maximum Gasteiger partial charge on any atom is 0.272 e. The molecule has 0 atom stereocenters. The zero-order valence-corrected chi connectivity index (χ0v) is 11.1. The lowest BCUT2D eigenvalue weighted by molar-refractivity contribution is -0.114. The summed E-state index contributed by atoms with van der Waals surface area (Å²) in [6, 6.07) is 7.42. The van der Waals surface area contributed by atoms with Gasteiger partial charge in [-0.3, -0.25) is 9.59 Å². The van der Waals surface area contributed by atoms with E-state index in [0.29, 0.717) is 11.4 Å². The molecule has 1 aromatic carbocycles. The summed E-state index contributed by atoms with van der Waals surface area (Å²) >= 11 is 0. The predicted octanol–water partition coefficient (Wildman–Crippen LogP) is 2.37. The van der Waals surface area contributed by atoms with E-state index >= 15 is 0 Å². The summed E-state index contributed by atoms with van der Waals surface area (Å²) in [6.07, 6.45) is 1.75. The number of nitrogens with zero attached hydrogens (tertiary/aromatic N) is 1. The number of aryl methyl sites for hydroxylation is 1. The summed E-state index contributed by atoms with van der Waals surface area (Å²) in [6.45, 7) is 1.29. The Balaban J connectivity index is 2.20. The molecule has 2 amide bonds. The van der Waals surface area contributed by atoms with Crippen molar-refractivity contribution in [3.05, 3.63) is 48.0 Å². The SMILES string of the molecule is CC(=O)Nc1cc(NC(=O)c2cccn2C)ccc1F. The van der Waals surface area contributed by atoms with Crippen LogP contribution in [0.1, 0.15) is 17.4 Å². The molecule has 0 saturated carbocycles. The normalized spacial score (nSPS) is 10.2. The van der Waals surface area contributed by atoms with Gasteiger partial charge in [0.1, 0.15) is 11.5 Å². The first kappa shape index (κ1) is 13.8. The molecule has 6 heteroatoms. The summed E-state index contributed by atoms with van der Waals surface area (Å²) in [7, 11) is 1.75. The van der Waals surface area contributed by atoms with Gasteiger partial charge in [0.05, 0.1) is 5.69 Å². The van der Waals surface area contributed by atoms with Crippen LogP contribution in [-0.2, 0) is 11.8 Å². The fraction of sp³-hybridized carbons (Fsp3) is 0.143. The van der Waals surface area contributed by atoms with E-state index in [-0.39, 0.29) is 17.5 Å². The molecular weight excluding hydrogens is 261 g/mol. The molecule has 2 aromatic rings. The molecule has 0 bridgehead atoms. The molecule has 1 heterocycles. The van der Waals surface area contributed by atoms with Crippen LogP contribution >= 0.6 is 0 Å². The summed E-state index contributed by atoms with van der Waals surface area (Å²) in [4.78, 5) is 23.0. The summed E-state index contributed by atoms with van der Waals surface area (Å²) in [5.74, 6) is -1.25. The molecule has 0 spiro atoms. The number of aromatic nitrogens is 1. The molecule has 0 unspecified atom stereocenters. The van der Waals surface area contributed by atoms with Crippen molar-refractivity contribution in [2.45, 2.75) is 6.92 Å². The van der Waals surface area contributed by atoms with Gasteiger partial charge in [0.2, 0.25) is 5.91 Å². The van der Waals surface area contributed by atoms with E-state index in [2.05, 4.69) is 10.6 Å². The number of hydrogen-bond donors (Lipinski definition) is 2. The third-order valence-electron chi connectivity index (χ3n) is 2.71. The molecule has 20 heavy (non-hydrogen) atoms. The number of carbonyl (C=O) groups excluding carboxylic acids is 2. The van der Waals surface area contributed by atoms with Gasteiger partial charge >= 0.3 is 0 Å². The molecule has 0 aliphatic carbocycles. The predicted molar refractivity (Wildman–Crippen MR) is 74.1 cm³/mol. The Kier molecular flexibility index (Phi) is 3.84. The number of rotatable bonds is 3. The Morgan fingerprint density at radius 2 is 1.95 bits per heavy atom. The van der Waals surface area contributed by atoms with Crippen molar-refractivity contribution in [1.82, 2.24) is 4.57 Å². The maximum absolute atomic E-state index is 13.5. The first-order chi connectivity index (χ1) is 9.47. The van der Waals surface area contributed by atoms with Gasteiger partial charge < -0.3 is 15.2 Å². The lowest BCUT2D eigenvalue weighted by atomic mass is 10.2. The van der Waals surface area contributed by atoms with Gasteiger partial charge in [-0.25, -0.2) is 4.39 Å². The van der Waals surface area contributed by atoms with Crippen LogP contribution in [0.4, 0.5) is 15.8 Å². The Labute approximate surface area is 115 Å². The average molecular weight is 275 g/mol. The smallest absolute Gasteiger partial charge is 0.272 e. The van der Waals surface area contributed by atoms with E-state index < -0.39 is 5.82 Å². The molecular formula is C14H14FN3O2. The van der Waals surface area contributed by atoms with Gasteiger partial charge in [-0.05, 0) is 30.3 Å². The van der Waals surface area contributed by atoms with Crippen molar-refractivity contribution in [2.75, 3.05) is 10.6 Å². The van der Waals surface area contributed by atoms with Gasteiger partial charge in [-0.1, -0.05) is 0 Å². The van der Waals surface area contributed by atoms with Crippen molar-refractivity contribution >= 4 is 23.2 Å². The number of halogens is 1. The lowest BCUT2D eigenvalue weighted by Crippen LogP contribution is -2.16. The van der Waals surface area contributed by atoms with E-state index in [4.69, 9.17) is 0 Å². The summed E-state index contributed by atoms with van der Waals surface area (Å²) in [5, 5.41) is 5.01. The number of hydrogen-bond acceptors (Lipinski definition) is 2. The van der Waals surface area contributed by atoms with Crippen molar-refractivity contribution in [2.24, 2.45) is 7.05 Å². The van der Waals surface area contributed by atoms with Crippen LogP contribution in [-0.4, -0.2) is 16.4 Å². The molecule has 0 saturated heterocycles. The highest BCUT2D eigenvalue weighted by molar-refractivity contribution is 6.03. The molecule has 2 N–H and O–H groups in total. The van der Waals surface area contributed by atoms with Crippen LogP contribution in [0, 0.1) is 5.82 Å². The third-order valence-corrected chi connectivity index (χ3v) is 2.71. The first-order valence-electron chi connectivity index (χ1n) is 5.97. The molecule has 104 valence electrons. The van der Waals surface area contributed by atoms with Crippen molar-refractivity contribution < 1.29 is 14.0 Å². The molecule has 0 radical (unpaired) electrons. The lowest BCUT2D eigenvalue weighted by Gasteiger charge is -2.09. The van der Waals surface area contributed by atoms with Crippen molar-refractivity contribution in [1.29, 1.82) is 0 Å². The Hall–Kier alpha value is -2.63. The monoisotopic (exact) mass is 275 g/mol. The van der Waals surface area contributed by atoms with E-state index in [9.17, 15) is 14.0 Å². The van der Waals surface area contributed by atoms with E-state index in [1.807, 2.05) is 0 Å². The van der Waals surface area contributed by atoms with Crippen LogP contribution in [0.5, 0.6) is 0 Å². The maximum atomic E-state index is 13.5. The van der Waals surface area contributed by atoms with Crippen molar-refractivity contribution in [3.63, 3.8) is 0 Å². The topological polar surface area (TPSA) is 63.1 Å². The van der Waals surface area contributed by atoms with Crippen LogP contribution in [0.3, 0.4) is 0 Å². The van der Waals surface area contributed by atoms with E-state index in [1.165, 1.54) is 25.1 Å². The van der Waals surface area contributed by atoms with E-state index in [1.54, 1.807) is 29.9 Å². The summed E-state index contributed by atoms with van der Waals surface area (Å²) in [5.41, 5.74) is 0.916. The minimum absolute atomic E-state index is 0.0298. The number of anilines is 2. The summed E-state index contributed by atoms with van der Waals surface area (Å²) < 4.78 is 15.1. The second-order valence-corrected chi connectivity index (χ2v) is 4.33. The molecule has 0 fully saturated rings. The first-order valence-corrected chi connectivity index (χ1v) is 5.97. The molecule has 5 nitrogen and oxygen atoms in total. The van der Waals surface area contributed by atoms with Crippen molar-refractivity contribution in [3.8, 4) is 0 Å². The van der Waals surface area contributed by atoms with Crippen LogP contribution < -0.4 is 10.6 Å². The molecule has 0 aliphatic rings. The largest absolute Gasteiger partial charge is 0.347 e. The fourth-order valence-electron chi connectivity index (χ4n) is 1.78. The van der Waals surface area contributed by atoms with Crippen LogP contribution in [0.15, 0.2) is 36.5 Å². The van der Waals surface area contributed by atoms with Crippen LogP contribution in [0.2, 0.25) is 0 Å². The standard InChI is InChI=1S/C14H14FN3O2/c1-9(19)16-12-8-10(5-6-11(12)15)17-14(20)13-4-3-7-18(13)2/h3-8H,1-2H3,(H,16,19)(H,17,20). The fourth-order valence-corrected chi connectivity index (χ4v) is 1.78. The number of benzene rings is 1. The Bertz CT molecular complexity index is 664. The third kappa shape index (κ3) is 3.03. The molecule has 2 rings (SSSR count). The number of carbonyl (C=O) groups is 2. The van der Waals surface area contributed by atoms with Gasteiger partial charge in [0.25, 0.3) is 5.91 Å². The number of nitrogens with one attached hydrogen (secondary N) is 2. The second kappa shape index (κ2) is 5.56. The highest BCUT2D eigenvalue weighted by Gasteiger charge is 2.11. The second-order valence-electron chi connectivity index (χ2n) is 4.33. The Morgan fingerprint density at radius 1 is 1.20 bits per heavy atom. The van der Waals surface area contributed by atoms with Gasteiger partial charge in [0.15, 0.2) is 0 Å². The van der Waals surface area contributed by atoms with Gasteiger partial charge in [-0.2, -0.15) is 0 Å². The van der Waals surface area contributed by atoms with Gasteiger partial charge in [0, 0.05) is 25.9 Å². The van der Waals surface area contributed by atoms with Crippen LogP contribution in [0.25, 0.3) is 0 Å². The zero-order valence-electron chi connectivity index (χ0n) is 11.1. The van der Waals surface area contributed by atoms with E-state index in [0.717, 1.165) is 0 Å².